The second-order valence-corrected chi connectivity index (χ2v) is 3.52. The van der Waals surface area contributed by atoms with Crippen molar-refractivity contribution in [1.29, 1.82) is 0 Å². The van der Waals surface area contributed by atoms with Crippen molar-refractivity contribution >= 4 is 0 Å². The van der Waals surface area contributed by atoms with E-state index in [4.69, 9.17) is 0 Å². The first kappa shape index (κ1) is 9.93. The maximum atomic E-state index is 10.6. The molecule has 1 heterocycles. The molecule has 78 valence electrons. The molecule has 0 aliphatic heterocycles. The quantitative estimate of drug-likeness (QED) is 0.800. The van der Waals surface area contributed by atoms with Crippen LogP contribution in [-0.4, -0.2) is 15.1 Å². The molecule has 3 heteroatoms. The number of aromatic amines is 1. The van der Waals surface area contributed by atoms with Crippen LogP contribution >= 0.6 is 0 Å². The molecule has 0 fully saturated rings. The van der Waals surface area contributed by atoms with Gasteiger partial charge >= 0.3 is 0 Å². The SMILES string of the molecule is CC[C@](O)(c1ccccc1)c1ncc[nH]1. The summed E-state index contributed by atoms with van der Waals surface area (Å²) in [5.41, 5.74) is -0.146. The number of aromatic nitrogens is 2. The first-order valence-electron chi connectivity index (χ1n) is 5.05. The molecule has 1 atom stereocenters. The van der Waals surface area contributed by atoms with Gasteiger partial charge in [0, 0.05) is 12.4 Å². The number of hydrogen-bond donors (Lipinski definition) is 2. The molecule has 0 radical (unpaired) electrons. The molecule has 1 aromatic heterocycles. The van der Waals surface area contributed by atoms with E-state index in [1.165, 1.54) is 0 Å². The van der Waals surface area contributed by atoms with E-state index in [0.717, 1.165) is 5.56 Å². The summed E-state index contributed by atoms with van der Waals surface area (Å²) in [5.74, 6) is 0.594. The Morgan fingerprint density at radius 2 is 2.07 bits per heavy atom. The molecule has 0 saturated carbocycles. The van der Waals surface area contributed by atoms with Gasteiger partial charge in [-0.2, -0.15) is 0 Å². The molecule has 0 spiro atoms. The van der Waals surface area contributed by atoms with Crippen LogP contribution in [0.3, 0.4) is 0 Å². The lowest BCUT2D eigenvalue weighted by atomic mass is 9.90. The number of nitrogens with one attached hydrogen (secondary N) is 1. The lowest BCUT2D eigenvalue weighted by Crippen LogP contribution is -2.27. The van der Waals surface area contributed by atoms with Gasteiger partial charge in [-0.3, -0.25) is 0 Å². The highest BCUT2D eigenvalue weighted by Crippen LogP contribution is 2.29. The van der Waals surface area contributed by atoms with E-state index >= 15 is 0 Å². The smallest absolute Gasteiger partial charge is 0.147 e. The molecule has 15 heavy (non-hydrogen) atoms. The fourth-order valence-electron chi connectivity index (χ4n) is 1.71. The average Bonchev–Trinajstić information content (AvgIpc) is 2.83. The molecule has 1 aromatic carbocycles. The fourth-order valence-corrected chi connectivity index (χ4v) is 1.71. The molecule has 3 nitrogen and oxygen atoms in total. The second kappa shape index (κ2) is 3.87. The number of hydrogen-bond acceptors (Lipinski definition) is 2. The lowest BCUT2D eigenvalue weighted by Gasteiger charge is -2.24. The van der Waals surface area contributed by atoms with Crippen LogP contribution < -0.4 is 0 Å². The van der Waals surface area contributed by atoms with Crippen LogP contribution in [-0.2, 0) is 5.60 Å². The lowest BCUT2D eigenvalue weighted by molar-refractivity contribution is 0.0678. The van der Waals surface area contributed by atoms with Gasteiger partial charge in [-0.1, -0.05) is 37.3 Å². The minimum absolute atomic E-state index is 0.588. The molecular weight excluding hydrogens is 188 g/mol. The summed E-state index contributed by atoms with van der Waals surface area (Å²) in [4.78, 5) is 7.10. The molecule has 0 bridgehead atoms. The summed E-state index contributed by atoms with van der Waals surface area (Å²) in [6.07, 6.45) is 3.96. The zero-order valence-corrected chi connectivity index (χ0v) is 8.64. The Morgan fingerprint density at radius 1 is 1.33 bits per heavy atom. The first-order chi connectivity index (χ1) is 7.27. The van der Waals surface area contributed by atoms with Crippen LogP contribution in [0, 0.1) is 0 Å². The van der Waals surface area contributed by atoms with Crippen molar-refractivity contribution < 1.29 is 5.11 Å². The summed E-state index contributed by atoms with van der Waals surface area (Å²) < 4.78 is 0. The Labute approximate surface area is 88.8 Å². The van der Waals surface area contributed by atoms with E-state index in [2.05, 4.69) is 9.97 Å². The van der Waals surface area contributed by atoms with Crippen LogP contribution in [0.4, 0.5) is 0 Å². The molecule has 0 amide bonds. The van der Waals surface area contributed by atoms with Gasteiger partial charge in [0.05, 0.1) is 0 Å². The maximum absolute atomic E-state index is 10.6. The van der Waals surface area contributed by atoms with Gasteiger partial charge in [0.15, 0.2) is 0 Å². The van der Waals surface area contributed by atoms with Gasteiger partial charge in [0.25, 0.3) is 0 Å². The number of nitrogens with zero attached hydrogens (tertiary/aromatic N) is 1. The number of aliphatic hydroxyl groups is 1. The Bertz CT molecular complexity index is 410. The molecule has 2 aromatic rings. The number of rotatable bonds is 3. The summed E-state index contributed by atoms with van der Waals surface area (Å²) in [6, 6.07) is 9.58. The highest BCUT2D eigenvalue weighted by atomic mass is 16.3. The van der Waals surface area contributed by atoms with Crippen molar-refractivity contribution in [2.24, 2.45) is 0 Å². The van der Waals surface area contributed by atoms with Gasteiger partial charge in [-0.05, 0) is 12.0 Å². The van der Waals surface area contributed by atoms with Crippen LogP contribution in [0.1, 0.15) is 24.7 Å². The molecular formula is C12H14N2O. The topological polar surface area (TPSA) is 48.9 Å². The zero-order valence-electron chi connectivity index (χ0n) is 8.64. The van der Waals surface area contributed by atoms with Gasteiger partial charge in [-0.15, -0.1) is 0 Å². The third kappa shape index (κ3) is 1.66. The average molecular weight is 202 g/mol. The molecule has 0 aliphatic rings. The van der Waals surface area contributed by atoms with Crippen molar-refractivity contribution in [1.82, 2.24) is 9.97 Å². The number of H-pyrrole nitrogens is 1. The molecule has 2 rings (SSSR count). The summed E-state index contributed by atoms with van der Waals surface area (Å²) >= 11 is 0. The highest BCUT2D eigenvalue weighted by molar-refractivity contribution is 5.28. The molecule has 2 N–H and O–H groups in total. The Kier molecular flexibility index (Phi) is 2.56. The normalized spacial score (nSPS) is 14.8. The Balaban J connectivity index is 2.47. The van der Waals surface area contributed by atoms with Gasteiger partial charge < -0.3 is 10.1 Å². The Morgan fingerprint density at radius 3 is 2.60 bits per heavy atom. The third-order valence-electron chi connectivity index (χ3n) is 2.65. The second-order valence-electron chi connectivity index (χ2n) is 3.52. The van der Waals surface area contributed by atoms with E-state index in [9.17, 15) is 5.11 Å². The maximum Gasteiger partial charge on any atom is 0.147 e. The minimum Gasteiger partial charge on any atom is -0.377 e. The van der Waals surface area contributed by atoms with Crippen molar-refractivity contribution in [2.45, 2.75) is 18.9 Å². The zero-order chi connectivity index (χ0) is 10.7. The molecule has 0 saturated heterocycles. The predicted molar refractivity (Wildman–Crippen MR) is 58.3 cm³/mol. The van der Waals surface area contributed by atoms with Crippen LogP contribution in [0.25, 0.3) is 0 Å². The van der Waals surface area contributed by atoms with Crippen molar-refractivity contribution in [3.63, 3.8) is 0 Å². The van der Waals surface area contributed by atoms with Crippen LogP contribution in [0.5, 0.6) is 0 Å². The number of benzene rings is 1. The van der Waals surface area contributed by atoms with Gasteiger partial charge in [0.2, 0.25) is 0 Å². The van der Waals surface area contributed by atoms with Gasteiger partial charge in [0.1, 0.15) is 11.4 Å². The van der Waals surface area contributed by atoms with Crippen molar-refractivity contribution in [3.8, 4) is 0 Å². The van der Waals surface area contributed by atoms with E-state index < -0.39 is 5.60 Å². The monoisotopic (exact) mass is 202 g/mol. The molecule has 0 aliphatic carbocycles. The van der Waals surface area contributed by atoms with E-state index in [1.54, 1.807) is 12.4 Å². The summed E-state index contributed by atoms with van der Waals surface area (Å²) in [6.45, 7) is 1.94. The fraction of sp³-hybridized carbons (Fsp3) is 0.250. The van der Waals surface area contributed by atoms with Gasteiger partial charge in [-0.25, -0.2) is 4.98 Å². The van der Waals surface area contributed by atoms with Crippen molar-refractivity contribution in [2.75, 3.05) is 0 Å². The summed E-state index contributed by atoms with van der Waals surface area (Å²) in [7, 11) is 0. The predicted octanol–water partition coefficient (Wildman–Crippen LogP) is 2.06. The highest BCUT2D eigenvalue weighted by Gasteiger charge is 2.31. The summed E-state index contributed by atoms with van der Waals surface area (Å²) in [5, 5.41) is 10.6. The molecule has 0 unspecified atom stereocenters. The van der Waals surface area contributed by atoms with Crippen molar-refractivity contribution in [3.05, 3.63) is 54.1 Å². The van der Waals surface area contributed by atoms with E-state index in [1.807, 2.05) is 37.3 Å². The third-order valence-corrected chi connectivity index (χ3v) is 2.65. The minimum atomic E-state index is -1.01. The van der Waals surface area contributed by atoms with E-state index in [0.29, 0.717) is 12.2 Å². The Hall–Kier alpha value is -1.61. The number of imidazole rings is 1. The standard InChI is InChI=1S/C12H14N2O/c1-2-12(15,11-13-8-9-14-11)10-6-4-3-5-7-10/h3-9,15H,2H2,1H3,(H,13,14)/t12-/m0/s1. The van der Waals surface area contributed by atoms with E-state index in [-0.39, 0.29) is 0 Å². The largest absolute Gasteiger partial charge is 0.377 e. The van der Waals surface area contributed by atoms with Crippen LogP contribution in [0.15, 0.2) is 42.7 Å². The van der Waals surface area contributed by atoms with Crippen LogP contribution in [0.2, 0.25) is 0 Å². The first-order valence-corrected chi connectivity index (χ1v) is 5.05.